The van der Waals surface area contributed by atoms with Crippen LogP contribution in [-0.4, -0.2) is 87.0 Å². The van der Waals surface area contributed by atoms with E-state index in [0.717, 1.165) is 57.3 Å². The van der Waals surface area contributed by atoms with E-state index in [4.69, 9.17) is 19.3 Å². The quantitative estimate of drug-likeness (QED) is 0.656. The van der Waals surface area contributed by atoms with Crippen molar-refractivity contribution < 1.29 is 28.9 Å². The standard InChI is InChI=1S/C12H16N2O4.C10H12N2O2/c1-17-11(12(15)16)9-2-3-10(13-8-9)14-4-6-18-7-5-14;13-8-9-1-2-10(11-7-9)12-3-5-14-6-4-12/h2-3,8,11H,4-7H2,1H3,(H,15,16);1-2,7-8H,3-6H2. The number of carbonyl (C=O) groups excluding carboxylic acids is 1. The molecule has 4 rings (SSSR count). The van der Waals surface area contributed by atoms with Gasteiger partial charge in [-0.25, -0.2) is 14.8 Å². The number of anilines is 2. The predicted octanol–water partition coefficient (Wildman–Crippen LogP) is 1.42. The van der Waals surface area contributed by atoms with Crippen molar-refractivity contribution in [1.82, 2.24) is 9.97 Å². The molecule has 0 saturated carbocycles. The number of carboxylic acids is 1. The van der Waals surface area contributed by atoms with Gasteiger partial charge in [0.05, 0.1) is 26.4 Å². The lowest BCUT2D eigenvalue weighted by molar-refractivity contribution is -0.148. The van der Waals surface area contributed by atoms with Crippen molar-refractivity contribution in [3.05, 3.63) is 47.8 Å². The molecular weight excluding hydrogens is 416 g/mol. The molecule has 0 spiro atoms. The van der Waals surface area contributed by atoms with Crippen LogP contribution in [0, 0.1) is 0 Å². The third-order valence-corrected chi connectivity index (χ3v) is 5.11. The second kappa shape index (κ2) is 12.1. The number of methoxy groups -OCH3 is 1. The molecule has 32 heavy (non-hydrogen) atoms. The van der Waals surface area contributed by atoms with Gasteiger partial charge in [0.15, 0.2) is 12.4 Å². The first kappa shape index (κ1) is 23.6. The number of aliphatic carboxylic acids is 1. The van der Waals surface area contributed by atoms with Gasteiger partial charge in [-0.3, -0.25) is 4.79 Å². The average molecular weight is 444 g/mol. The largest absolute Gasteiger partial charge is 0.479 e. The third kappa shape index (κ3) is 6.46. The Hall–Kier alpha value is -3.08. The highest BCUT2D eigenvalue weighted by molar-refractivity contribution is 5.74. The Kier molecular flexibility index (Phi) is 8.90. The van der Waals surface area contributed by atoms with Gasteiger partial charge in [0, 0.05) is 56.8 Å². The van der Waals surface area contributed by atoms with E-state index < -0.39 is 12.1 Å². The molecule has 0 aliphatic carbocycles. The SMILES string of the molecule is COC(C(=O)O)c1ccc(N2CCOCC2)nc1.O=Cc1ccc(N2CCOCC2)nc1. The second-order valence-electron chi connectivity index (χ2n) is 7.17. The lowest BCUT2D eigenvalue weighted by Crippen LogP contribution is -2.36. The number of carbonyl (C=O) groups is 2. The Bertz CT molecular complexity index is 850. The number of carboxylic acid groups (broad SMARTS) is 1. The molecule has 172 valence electrons. The van der Waals surface area contributed by atoms with Crippen molar-refractivity contribution in [1.29, 1.82) is 0 Å². The number of hydrogen-bond acceptors (Lipinski definition) is 9. The zero-order valence-electron chi connectivity index (χ0n) is 18.1. The number of nitrogens with zero attached hydrogens (tertiary/aromatic N) is 4. The van der Waals surface area contributed by atoms with Crippen LogP contribution in [-0.2, 0) is 19.0 Å². The summed E-state index contributed by atoms with van der Waals surface area (Å²) in [4.78, 5) is 34.1. The monoisotopic (exact) mass is 444 g/mol. The first-order valence-electron chi connectivity index (χ1n) is 10.4. The van der Waals surface area contributed by atoms with Crippen LogP contribution in [0.25, 0.3) is 0 Å². The maximum absolute atomic E-state index is 10.9. The molecule has 2 aromatic heterocycles. The van der Waals surface area contributed by atoms with Crippen LogP contribution in [0.5, 0.6) is 0 Å². The van der Waals surface area contributed by atoms with Crippen molar-refractivity contribution in [2.45, 2.75) is 6.10 Å². The normalized spacial score (nSPS) is 17.2. The van der Waals surface area contributed by atoms with E-state index in [1.807, 2.05) is 12.1 Å². The van der Waals surface area contributed by atoms with Crippen molar-refractivity contribution >= 4 is 23.9 Å². The smallest absolute Gasteiger partial charge is 0.337 e. The highest BCUT2D eigenvalue weighted by Gasteiger charge is 2.20. The van der Waals surface area contributed by atoms with Crippen LogP contribution in [0.1, 0.15) is 22.0 Å². The summed E-state index contributed by atoms with van der Waals surface area (Å²) in [5.74, 6) is 0.736. The summed E-state index contributed by atoms with van der Waals surface area (Å²) in [7, 11) is 1.37. The summed E-state index contributed by atoms with van der Waals surface area (Å²) in [6, 6.07) is 7.20. The molecule has 4 heterocycles. The van der Waals surface area contributed by atoms with Gasteiger partial charge in [-0.15, -0.1) is 0 Å². The van der Waals surface area contributed by atoms with E-state index in [2.05, 4.69) is 19.8 Å². The highest BCUT2D eigenvalue weighted by atomic mass is 16.5. The first-order valence-corrected chi connectivity index (χ1v) is 10.4. The molecule has 10 heteroatoms. The minimum atomic E-state index is -1.02. The number of pyridine rings is 2. The molecule has 2 saturated heterocycles. The van der Waals surface area contributed by atoms with Crippen LogP contribution >= 0.6 is 0 Å². The van der Waals surface area contributed by atoms with Crippen LogP contribution in [0.15, 0.2) is 36.7 Å². The van der Waals surface area contributed by atoms with Gasteiger partial charge in [-0.1, -0.05) is 6.07 Å². The van der Waals surface area contributed by atoms with Crippen molar-refractivity contribution in [2.75, 3.05) is 69.5 Å². The van der Waals surface area contributed by atoms with Gasteiger partial charge in [0.2, 0.25) is 0 Å². The molecule has 1 unspecified atom stereocenters. The minimum Gasteiger partial charge on any atom is -0.479 e. The summed E-state index contributed by atoms with van der Waals surface area (Å²) in [6.45, 7) is 6.23. The van der Waals surface area contributed by atoms with Gasteiger partial charge in [-0.2, -0.15) is 0 Å². The van der Waals surface area contributed by atoms with E-state index in [0.29, 0.717) is 24.3 Å². The predicted molar refractivity (Wildman–Crippen MR) is 117 cm³/mol. The third-order valence-electron chi connectivity index (χ3n) is 5.11. The fourth-order valence-corrected chi connectivity index (χ4v) is 3.36. The molecule has 2 aromatic rings. The molecule has 2 aliphatic heterocycles. The topological polar surface area (TPSA) is 114 Å². The molecule has 0 bridgehead atoms. The summed E-state index contributed by atoms with van der Waals surface area (Å²) >= 11 is 0. The Labute approximate surface area is 186 Å². The maximum atomic E-state index is 10.9. The highest BCUT2D eigenvalue weighted by Crippen LogP contribution is 2.19. The minimum absolute atomic E-state index is 0.544. The van der Waals surface area contributed by atoms with Crippen LogP contribution in [0.3, 0.4) is 0 Å². The van der Waals surface area contributed by atoms with Crippen LogP contribution in [0.4, 0.5) is 11.6 Å². The molecule has 1 N–H and O–H groups in total. The zero-order valence-corrected chi connectivity index (χ0v) is 18.1. The summed E-state index contributed by atoms with van der Waals surface area (Å²) in [5, 5.41) is 8.96. The van der Waals surface area contributed by atoms with E-state index in [1.165, 1.54) is 7.11 Å². The number of aromatic nitrogens is 2. The fourth-order valence-electron chi connectivity index (χ4n) is 3.36. The molecule has 10 nitrogen and oxygen atoms in total. The van der Waals surface area contributed by atoms with Gasteiger partial charge in [-0.05, 0) is 18.2 Å². The number of ether oxygens (including phenoxy) is 3. The fraction of sp³-hybridized carbons (Fsp3) is 0.455. The zero-order chi connectivity index (χ0) is 22.8. The molecule has 2 aliphatic rings. The van der Waals surface area contributed by atoms with Crippen LogP contribution < -0.4 is 9.80 Å². The van der Waals surface area contributed by atoms with Crippen molar-refractivity contribution in [3.63, 3.8) is 0 Å². The van der Waals surface area contributed by atoms with E-state index in [9.17, 15) is 9.59 Å². The van der Waals surface area contributed by atoms with Crippen molar-refractivity contribution in [2.24, 2.45) is 0 Å². The van der Waals surface area contributed by atoms with Gasteiger partial charge in [0.1, 0.15) is 11.6 Å². The molecule has 0 radical (unpaired) electrons. The molecule has 2 fully saturated rings. The Morgan fingerprint density at radius 1 is 0.969 bits per heavy atom. The van der Waals surface area contributed by atoms with E-state index in [-0.39, 0.29) is 0 Å². The molecule has 1 atom stereocenters. The Morgan fingerprint density at radius 3 is 1.88 bits per heavy atom. The van der Waals surface area contributed by atoms with Gasteiger partial charge >= 0.3 is 5.97 Å². The molecule has 0 aromatic carbocycles. The van der Waals surface area contributed by atoms with Gasteiger partial charge < -0.3 is 29.1 Å². The number of rotatable bonds is 6. The lowest BCUT2D eigenvalue weighted by atomic mass is 10.1. The second-order valence-corrected chi connectivity index (χ2v) is 7.17. The first-order chi connectivity index (χ1) is 15.6. The molecular formula is C22H28N4O6. The summed E-state index contributed by atoms with van der Waals surface area (Å²) < 4.78 is 15.4. The number of morpholine rings is 2. The van der Waals surface area contributed by atoms with Gasteiger partial charge in [0.25, 0.3) is 0 Å². The Balaban J connectivity index is 0.000000186. The summed E-state index contributed by atoms with van der Waals surface area (Å²) in [6.07, 6.45) is 2.98. The number of aldehydes is 1. The Morgan fingerprint density at radius 2 is 1.50 bits per heavy atom. The number of hydrogen-bond donors (Lipinski definition) is 1. The van der Waals surface area contributed by atoms with E-state index in [1.54, 1.807) is 24.5 Å². The molecule has 0 amide bonds. The average Bonchev–Trinajstić information content (AvgIpc) is 2.86. The van der Waals surface area contributed by atoms with Crippen LogP contribution in [0.2, 0.25) is 0 Å². The lowest BCUT2D eigenvalue weighted by Gasteiger charge is -2.27. The van der Waals surface area contributed by atoms with E-state index >= 15 is 0 Å². The maximum Gasteiger partial charge on any atom is 0.337 e. The summed E-state index contributed by atoms with van der Waals surface area (Å²) in [5.41, 5.74) is 1.16. The van der Waals surface area contributed by atoms with Crippen molar-refractivity contribution in [3.8, 4) is 0 Å².